The second kappa shape index (κ2) is 29.3. The molecule has 2 aliphatic rings. The first-order chi connectivity index (χ1) is 40.1. The minimum Gasteiger partial charge on any atom is -0.356 e. The number of rotatable bonds is 26. The Kier molecular flexibility index (Phi) is 21.9. The third-order valence-corrected chi connectivity index (χ3v) is 14.7. The van der Waals surface area contributed by atoms with Gasteiger partial charge < -0.3 is 69.5 Å². The van der Waals surface area contributed by atoms with Crippen LogP contribution in [0.5, 0.6) is 0 Å². The molecular formula is C58H79N17O9. The number of aryl methyl sites for hydroxylation is 6. The first-order valence-corrected chi connectivity index (χ1v) is 28.4. The number of Topliss-reactive ketones (excluding diaryl/α,β-unsaturated/α-hetero) is 2. The van der Waals surface area contributed by atoms with Crippen molar-refractivity contribution >= 4 is 70.1 Å². The number of carbonyl (C=O) groups is 9. The zero-order chi connectivity index (χ0) is 60.6. The van der Waals surface area contributed by atoms with Crippen LogP contribution in [0, 0.1) is 11.8 Å². The maximum atomic E-state index is 13.2. The lowest BCUT2D eigenvalue weighted by Crippen LogP contribution is -2.33. The summed E-state index contributed by atoms with van der Waals surface area (Å²) in [6, 6.07) is 4.86. The van der Waals surface area contributed by atoms with E-state index in [2.05, 4.69) is 57.1 Å². The van der Waals surface area contributed by atoms with Crippen LogP contribution in [0.1, 0.15) is 145 Å². The van der Waals surface area contributed by atoms with Crippen molar-refractivity contribution in [3.8, 4) is 0 Å². The molecule has 0 atom stereocenters. The summed E-state index contributed by atoms with van der Waals surface area (Å²) in [5.74, 6) is -1.01. The Balaban J connectivity index is 0.000000245. The molecule has 84 heavy (non-hydrogen) atoms. The standard InChI is InChI=1S/C33H46N8O5.C25H33N9O4/c1-38(2)14-8-12-34-33(46)27-15-22(19-39(27)3)16-29(43)31-37-25(21-41(31)5)18-28(42)26-17-24(20-40(26)4)36-30(44)11-13-35-32(45)23-9-6-7-10-23;1-32-12-11-26-20(32)25(38)29-17-13-18(33(2)14-17)23(36)31-19-15-34(3)21(30-19)24(37)28-10-6-9-27-22(35)16-7-4-5-8-16/h15,17,19-21,23H,6-14,16,18H2,1-5H3,(H,34,46)(H,35,45)(H,36,44);11-16H,4-10H2,1-3H3,(H,27,35)(H,28,37)(H,29,38)(H,31,36). The van der Waals surface area contributed by atoms with Crippen LogP contribution in [0.15, 0.2) is 61.6 Å². The second-order valence-electron chi connectivity index (χ2n) is 21.9. The number of hydrogen-bond acceptors (Lipinski definition) is 13. The van der Waals surface area contributed by atoms with Crippen LogP contribution in [0.4, 0.5) is 17.2 Å². The van der Waals surface area contributed by atoms with Gasteiger partial charge in [-0.15, -0.1) is 0 Å². The highest BCUT2D eigenvalue weighted by Crippen LogP contribution is 2.26. The van der Waals surface area contributed by atoms with Crippen LogP contribution in [-0.4, -0.2) is 147 Å². The molecule has 0 aromatic carbocycles. The van der Waals surface area contributed by atoms with Gasteiger partial charge in [-0.05, 0) is 82.9 Å². The normalized spacial score (nSPS) is 13.3. The zero-order valence-electron chi connectivity index (χ0n) is 49.3. The van der Waals surface area contributed by atoms with Gasteiger partial charge in [0.2, 0.25) is 29.3 Å². The Labute approximate surface area is 487 Å². The van der Waals surface area contributed by atoms with Crippen LogP contribution in [-0.2, 0) is 69.5 Å². The van der Waals surface area contributed by atoms with Crippen LogP contribution < -0.4 is 37.2 Å². The Hall–Kier alpha value is -8.94. The number of ketones is 2. The molecule has 450 valence electrons. The van der Waals surface area contributed by atoms with Crippen molar-refractivity contribution in [3.05, 3.63) is 107 Å². The van der Waals surface area contributed by atoms with Crippen molar-refractivity contribution in [2.45, 2.75) is 83.5 Å². The smallest absolute Gasteiger partial charge is 0.291 e. The van der Waals surface area contributed by atoms with Crippen LogP contribution in [0.2, 0.25) is 0 Å². The third-order valence-electron chi connectivity index (χ3n) is 14.7. The predicted molar refractivity (Wildman–Crippen MR) is 313 cm³/mol. The highest BCUT2D eigenvalue weighted by atomic mass is 16.2. The molecule has 6 aromatic rings. The Morgan fingerprint density at radius 1 is 0.512 bits per heavy atom. The molecule has 0 unspecified atom stereocenters. The maximum Gasteiger partial charge on any atom is 0.291 e. The van der Waals surface area contributed by atoms with E-state index in [1.165, 1.54) is 16.8 Å². The Morgan fingerprint density at radius 2 is 1.08 bits per heavy atom. The molecule has 0 saturated heterocycles. The van der Waals surface area contributed by atoms with E-state index in [9.17, 15) is 43.2 Å². The summed E-state index contributed by atoms with van der Waals surface area (Å²) in [5, 5.41) is 19.7. The monoisotopic (exact) mass is 1160 g/mol. The van der Waals surface area contributed by atoms with Gasteiger partial charge in [0, 0.05) is 137 Å². The van der Waals surface area contributed by atoms with Gasteiger partial charge in [0.25, 0.3) is 23.6 Å². The zero-order valence-corrected chi connectivity index (χ0v) is 49.3. The number of amides is 7. The number of carbonyl (C=O) groups excluding carboxylic acids is 9. The highest BCUT2D eigenvalue weighted by molar-refractivity contribution is 6.06. The quantitative estimate of drug-likeness (QED) is 0.0302. The predicted octanol–water partition coefficient (Wildman–Crippen LogP) is 3.69. The molecule has 8 rings (SSSR count). The number of aromatic nitrogens is 9. The summed E-state index contributed by atoms with van der Waals surface area (Å²) in [5.41, 5.74) is 3.22. The average Bonchev–Trinajstić information content (AvgIpc) is 4.49. The number of nitrogens with one attached hydrogen (secondary N) is 7. The van der Waals surface area contributed by atoms with E-state index >= 15 is 0 Å². The number of imidazole rings is 3. The molecule has 7 N–H and O–H groups in total. The number of nitrogens with zero attached hydrogens (tertiary/aromatic N) is 10. The molecule has 2 aliphatic carbocycles. The van der Waals surface area contributed by atoms with Crippen molar-refractivity contribution in [2.75, 3.05) is 62.8 Å². The molecule has 0 radical (unpaired) electrons. The molecule has 0 spiro atoms. The van der Waals surface area contributed by atoms with Gasteiger partial charge in [-0.25, -0.2) is 15.0 Å². The lowest BCUT2D eigenvalue weighted by Gasteiger charge is -2.10. The molecule has 0 bridgehead atoms. The van der Waals surface area contributed by atoms with Crippen LogP contribution in [0.25, 0.3) is 0 Å². The molecule has 26 heteroatoms. The van der Waals surface area contributed by atoms with E-state index in [1.807, 2.05) is 14.1 Å². The molecule has 6 aromatic heterocycles. The van der Waals surface area contributed by atoms with Crippen molar-refractivity contribution in [3.63, 3.8) is 0 Å². The van der Waals surface area contributed by atoms with Crippen molar-refractivity contribution in [1.29, 1.82) is 0 Å². The summed E-state index contributed by atoms with van der Waals surface area (Å²) in [6.45, 7) is 2.58. The summed E-state index contributed by atoms with van der Waals surface area (Å²) < 4.78 is 9.64. The van der Waals surface area contributed by atoms with E-state index in [1.54, 1.807) is 114 Å². The minimum absolute atomic E-state index is 0.0117. The summed E-state index contributed by atoms with van der Waals surface area (Å²) in [7, 11) is 14.2. The van der Waals surface area contributed by atoms with E-state index in [4.69, 9.17) is 0 Å². The fraction of sp³-hybridized carbons (Fsp3) is 0.483. The van der Waals surface area contributed by atoms with Gasteiger partial charge >= 0.3 is 0 Å². The second-order valence-corrected chi connectivity index (χ2v) is 21.9. The fourth-order valence-corrected chi connectivity index (χ4v) is 10.3. The lowest BCUT2D eigenvalue weighted by molar-refractivity contribution is -0.125. The summed E-state index contributed by atoms with van der Waals surface area (Å²) in [6.07, 6.45) is 21.1. The van der Waals surface area contributed by atoms with Crippen molar-refractivity contribution in [1.82, 2.24) is 68.5 Å². The number of hydrogen-bond donors (Lipinski definition) is 7. The van der Waals surface area contributed by atoms with Crippen LogP contribution in [0.3, 0.4) is 0 Å². The first kappa shape index (κ1) is 62.7. The van der Waals surface area contributed by atoms with E-state index in [0.717, 1.165) is 64.3 Å². The molecule has 2 fully saturated rings. The molecule has 6 heterocycles. The molecule has 2 saturated carbocycles. The maximum absolute atomic E-state index is 13.2. The SMILES string of the molecule is CN(C)CCCNC(=O)c1cc(CC(=O)c2nc(CC(=O)c3cc(NC(=O)CCNC(=O)C4CCCC4)cn3C)cn2C)cn1C.Cn1cc(NC(=O)c2nccn2C)cc1C(=O)Nc1cn(C)c(C(=O)NCCCNC(=O)C2CCCC2)n1. The van der Waals surface area contributed by atoms with Crippen LogP contribution >= 0.6 is 0 Å². The first-order valence-electron chi connectivity index (χ1n) is 28.4. The fourth-order valence-electron chi connectivity index (χ4n) is 10.3. The molecule has 0 aliphatic heterocycles. The largest absolute Gasteiger partial charge is 0.356 e. The van der Waals surface area contributed by atoms with Gasteiger partial charge in [-0.3, -0.25) is 43.2 Å². The lowest BCUT2D eigenvalue weighted by atomic mass is 10.1. The van der Waals surface area contributed by atoms with Gasteiger partial charge in [-0.1, -0.05) is 25.7 Å². The number of anilines is 3. The topological polar surface area (TPSA) is 309 Å². The average molecular weight is 1160 g/mol. The Bertz CT molecular complexity index is 3340. The van der Waals surface area contributed by atoms with E-state index < -0.39 is 11.8 Å². The third kappa shape index (κ3) is 17.3. The van der Waals surface area contributed by atoms with Crippen molar-refractivity contribution in [2.24, 2.45) is 54.1 Å². The highest BCUT2D eigenvalue weighted by Gasteiger charge is 2.26. The summed E-state index contributed by atoms with van der Waals surface area (Å²) in [4.78, 5) is 128. The van der Waals surface area contributed by atoms with E-state index in [-0.39, 0.29) is 108 Å². The van der Waals surface area contributed by atoms with Crippen molar-refractivity contribution < 1.29 is 43.2 Å². The van der Waals surface area contributed by atoms with Gasteiger partial charge in [-0.2, -0.15) is 0 Å². The molecular weight excluding hydrogens is 1080 g/mol. The van der Waals surface area contributed by atoms with Gasteiger partial charge in [0.15, 0.2) is 23.2 Å². The Morgan fingerprint density at radius 3 is 1.74 bits per heavy atom. The van der Waals surface area contributed by atoms with E-state index in [0.29, 0.717) is 60.1 Å². The minimum atomic E-state index is -0.451. The molecule has 26 nitrogen and oxygen atoms in total. The summed E-state index contributed by atoms with van der Waals surface area (Å²) >= 11 is 0. The van der Waals surface area contributed by atoms with Gasteiger partial charge in [0.05, 0.1) is 29.2 Å². The molecule has 7 amide bonds. The van der Waals surface area contributed by atoms with Gasteiger partial charge in [0.1, 0.15) is 11.4 Å².